The van der Waals surface area contributed by atoms with Gasteiger partial charge < -0.3 is 5.73 Å². The van der Waals surface area contributed by atoms with E-state index in [2.05, 4.69) is 37.0 Å². The highest BCUT2D eigenvalue weighted by Crippen LogP contribution is 2.21. The zero-order valence-corrected chi connectivity index (χ0v) is 13.1. The lowest BCUT2D eigenvalue weighted by Crippen LogP contribution is -2.39. The first-order valence-corrected chi connectivity index (χ1v) is 7.07. The summed E-state index contributed by atoms with van der Waals surface area (Å²) in [5, 5.41) is 4.39. The molecule has 0 saturated carbocycles. The topological polar surface area (TPSA) is 47.1 Å². The number of aromatic nitrogens is 2. The van der Waals surface area contributed by atoms with Crippen LogP contribution in [0.3, 0.4) is 0 Å². The summed E-state index contributed by atoms with van der Waals surface area (Å²) in [4.78, 5) is 2.51. The molecule has 0 aromatic carbocycles. The number of hydrogen-bond acceptors (Lipinski definition) is 3. The van der Waals surface area contributed by atoms with Crippen LogP contribution in [-0.2, 0) is 6.54 Å². The predicted molar refractivity (Wildman–Crippen MR) is 81.5 cm³/mol. The number of rotatable bonds is 4. The molecular weight excluding hydrogens is 260 g/mol. The third kappa shape index (κ3) is 4.48. The van der Waals surface area contributed by atoms with Crippen molar-refractivity contribution in [3.05, 3.63) is 18.0 Å². The van der Waals surface area contributed by atoms with Crippen molar-refractivity contribution in [3.8, 4) is 0 Å². The number of halogens is 1. The molecule has 1 aliphatic rings. The second kappa shape index (κ2) is 7.27. The van der Waals surface area contributed by atoms with Crippen LogP contribution in [0.15, 0.2) is 12.4 Å². The van der Waals surface area contributed by atoms with Gasteiger partial charge >= 0.3 is 0 Å². The molecule has 1 aromatic rings. The fourth-order valence-corrected chi connectivity index (χ4v) is 2.64. The summed E-state index contributed by atoms with van der Waals surface area (Å²) in [6.07, 6.45) is 6.63. The van der Waals surface area contributed by atoms with Gasteiger partial charge in [0.15, 0.2) is 0 Å². The maximum absolute atomic E-state index is 5.97. The molecule has 1 aromatic heterocycles. The van der Waals surface area contributed by atoms with Crippen LogP contribution in [-0.4, -0.2) is 33.8 Å². The Bertz CT molecular complexity index is 367. The number of likely N-dealkylation sites (tertiary alicyclic amines) is 1. The van der Waals surface area contributed by atoms with Crippen LogP contribution in [0.25, 0.3) is 0 Å². The largest absolute Gasteiger partial charge is 0.328 e. The van der Waals surface area contributed by atoms with Gasteiger partial charge in [-0.25, -0.2) is 0 Å². The highest BCUT2D eigenvalue weighted by molar-refractivity contribution is 5.85. The van der Waals surface area contributed by atoms with Gasteiger partial charge in [0.2, 0.25) is 0 Å². The first kappa shape index (κ1) is 16.5. The monoisotopic (exact) mass is 286 g/mol. The molecule has 1 atom stereocenters. The Hall–Kier alpha value is -0.580. The number of nitrogens with two attached hydrogens (primary N) is 1. The quantitative estimate of drug-likeness (QED) is 0.925. The average Bonchev–Trinajstić information content (AvgIpc) is 2.78. The minimum Gasteiger partial charge on any atom is -0.328 e. The van der Waals surface area contributed by atoms with Crippen molar-refractivity contribution < 1.29 is 0 Å². The zero-order valence-electron chi connectivity index (χ0n) is 12.2. The molecule has 0 spiro atoms. The molecule has 2 rings (SSSR count). The second-order valence-corrected chi connectivity index (χ2v) is 5.90. The van der Waals surface area contributed by atoms with Gasteiger partial charge in [-0.1, -0.05) is 0 Å². The average molecular weight is 287 g/mol. The van der Waals surface area contributed by atoms with Crippen LogP contribution in [0, 0.1) is 5.92 Å². The van der Waals surface area contributed by atoms with E-state index in [1.807, 2.05) is 10.9 Å². The SMILES string of the molecule is CC(N)C1CCN(Cc2cnn(C(C)C)c2)CC1.Cl. The highest BCUT2D eigenvalue weighted by Gasteiger charge is 2.21. The molecular formula is C14H27ClN4. The van der Waals surface area contributed by atoms with Crippen molar-refractivity contribution >= 4 is 12.4 Å². The van der Waals surface area contributed by atoms with E-state index >= 15 is 0 Å². The van der Waals surface area contributed by atoms with Crippen LogP contribution in [0.1, 0.15) is 45.2 Å². The lowest BCUT2D eigenvalue weighted by Gasteiger charge is -2.33. The van der Waals surface area contributed by atoms with Gasteiger partial charge in [0.05, 0.1) is 6.20 Å². The molecule has 0 radical (unpaired) electrons. The number of nitrogens with zero attached hydrogens (tertiary/aromatic N) is 3. The normalized spacial score (nSPS) is 19.4. The van der Waals surface area contributed by atoms with E-state index in [9.17, 15) is 0 Å². The van der Waals surface area contributed by atoms with Crippen molar-refractivity contribution in [3.63, 3.8) is 0 Å². The van der Waals surface area contributed by atoms with Gasteiger partial charge in [0.25, 0.3) is 0 Å². The van der Waals surface area contributed by atoms with Gasteiger partial charge in [-0.3, -0.25) is 9.58 Å². The van der Waals surface area contributed by atoms with Crippen molar-refractivity contribution in [1.82, 2.24) is 14.7 Å². The smallest absolute Gasteiger partial charge is 0.0534 e. The Morgan fingerprint density at radius 1 is 1.32 bits per heavy atom. The molecule has 1 saturated heterocycles. The molecule has 0 aliphatic carbocycles. The zero-order chi connectivity index (χ0) is 13.1. The lowest BCUT2D eigenvalue weighted by molar-refractivity contribution is 0.165. The summed E-state index contributed by atoms with van der Waals surface area (Å²) in [7, 11) is 0. The number of piperidine rings is 1. The summed E-state index contributed by atoms with van der Waals surface area (Å²) >= 11 is 0. The van der Waals surface area contributed by atoms with Crippen LogP contribution in [0.5, 0.6) is 0 Å². The van der Waals surface area contributed by atoms with Gasteiger partial charge in [-0.2, -0.15) is 5.10 Å². The summed E-state index contributed by atoms with van der Waals surface area (Å²) in [6.45, 7) is 9.80. The summed E-state index contributed by atoms with van der Waals surface area (Å²) in [5.41, 5.74) is 7.29. The van der Waals surface area contributed by atoms with Crippen LogP contribution in [0.2, 0.25) is 0 Å². The fourth-order valence-electron chi connectivity index (χ4n) is 2.64. The second-order valence-electron chi connectivity index (χ2n) is 5.90. The van der Waals surface area contributed by atoms with E-state index in [1.54, 1.807) is 0 Å². The van der Waals surface area contributed by atoms with E-state index in [1.165, 1.54) is 31.5 Å². The Labute approximate surface area is 122 Å². The molecule has 0 bridgehead atoms. The van der Waals surface area contributed by atoms with Crippen LogP contribution < -0.4 is 5.73 Å². The molecule has 2 N–H and O–H groups in total. The minimum atomic E-state index is 0. The van der Waals surface area contributed by atoms with E-state index in [0.29, 0.717) is 18.0 Å². The standard InChI is InChI=1S/C14H26N4.ClH/c1-11(2)18-10-13(8-16-18)9-17-6-4-14(5-7-17)12(3)15;/h8,10-12,14H,4-7,9,15H2,1-3H3;1H. The summed E-state index contributed by atoms with van der Waals surface area (Å²) < 4.78 is 2.03. The maximum atomic E-state index is 5.97. The van der Waals surface area contributed by atoms with Gasteiger partial charge in [0.1, 0.15) is 0 Å². The highest BCUT2D eigenvalue weighted by atomic mass is 35.5. The first-order chi connectivity index (χ1) is 8.56. The van der Waals surface area contributed by atoms with E-state index < -0.39 is 0 Å². The Morgan fingerprint density at radius 2 is 1.95 bits per heavy atom. The van der Waals surface area contributed by atoms with Gasteiger partial charge in [0, 0.05) is 30.4 Å². The minimum absolute atomic E-state index is 0. The van der Waals surface area contributed by atoms with Crippen LogP contribution >= 0.6 is 12.4 Å². The van der Waals surface area contributed by atoms with Gasteiger partial charge in [-0.15, -0.1) is 12.4 Å². The van der Waals surface area contributed by atoms with Gasteiger partial charge in [-0.05, 0) is 52.6 Å². The van der Waals surface area contributed by atoms with E-state index in [4.69, 9.17) is 5.73 Å². The molecule has 110 valence electrons. The molecule has 2 heterocycles. The first-order valence-electron chi connectivity index (χ1n) is 7.07. The summed E-state index contributed by atoms with van der Waals surface area (Å²) in [6, 6.07) is 0.790. The molecule has 4 nitrogen and oxygen atoms in total. The van der Waals surface area contributed by atoms with Crippen LogP contribution in [0.4, 0.5) is 0 Å². The fraction of sp³-hybridized carbons (Fsp3) is 0.786. The Kier molecular flexibility index (Phi) is 6.30. The van der Waals surface area contributed by atoms with Crippen molar-refractivity contribution in [1.29, 1.82) is 0 Å². The molecule has 5 heteroatoms. The maximum Gasteiger partial charge on any atom is 0.0534 e. The molecule has 1 fully saturated rings. The van der Waals surface area contributed by atoms with Crippen molar-refractivity contribution in [2.24, 2.45) is 11.7 Å². The Morgan fingerprint density at radius 3 is 2.42 bits per heavy atom. The number of hydrogen-bond donors (Lipinski definition) is 1. The van der Waals surface area contributed by atoms with E-state index in [0.717, 1.165) is 6.54 Å². The van der Waals surface area contributed by atoms with E-state index in [-0.39, 0.29) is 12.4 Å². The molecule has 0 amide bonds. The molecule has 1 aliphatic heterocycles. The molecule has 1 unspecified atom stereocenters. The van der Waals surface area contributed by atoms with Crippen molar-refractivity contribution in [2.75, 3.05) is 13.1 Å². The summed E-state index contributed by atoms with van der Waals surface area (Å²) in [5.74, 6) is 0.708. The Balaban J connectivity index is 0.00000180. The lowest BCUT2D eigenvalue weighted by atomic mass is 9.91. The molecule has 19 heavy (non-hydrogen) atoms. The third-order valence-corrected chi connectivity index (χ3v) is 3.97. The van der Waals surface area contributed by atoms with Crippen molar-refractivity contribution in [2.45, 2.75) is 52.2 Å². The predicted octanol–water partition coefficient (Wildman–Crippen LogP) is 2.45. The third-order valence-electron chi connectivity index (χ3n) is 3.97.